The van der Waals surface area contributed by atoms with Crippen LogP contribution in [0.5, 0.6) is 5.75 Å². The van der Waals surface area contributed by atoms with Gasteiger partial charge in [-0.25, -0.2) is 4.79 Å². The van der Waals surface area contributed by atoms with Gasteiger partial charge in [0.25, 0.3) is 0 Å². The number of piperidine rings is 1. The van der Waals surface area contributed by atoms with Gasteiger partial charge in [-0.3, -0.25) is 0 Å². The Bertz CT molecular complexity index is 1190. The molecule has 41 heavy (non-hydrogen) atoms. The van der Waals surface area contributed by atoms with E-state index in [4.69, 9.17) is 14.6 Å². The largest absolute Gasteiger partial charge is 0.494 e. The van der Waals surface area contributed by atoms with Crippen LogP contribution in [0.3, 0.4) is 0 Å². The number of nitrogens with zero attached hydrogens (tertiary/aromatic N) is 1. The van der Waals surface area contributed by atoms with Gasteiger partial charge in [-0.1, -0.05) is 66.7 Å². The third-order valence-corrected chi connectivity index (χ3v) is 6.90. The molecule has 1 heterocycles. The number of rotatable bonds is 8. The van der Waals surface area contributed by atoms with Gasteiger partial charge in [-0.05, 0) is 67.6 Å². The molecule has 0 radical (unpaired) electrons. The quantitative estimate of drug-likeness (QED) is 0.227. The van der Waals surface area contributed by atoms with Crippen LogP contribution < -0.4 is 4.74 Å². The number of ether oxygens (including phenoxy) is 1. The van der Waals surface area contributed by atoms with E-state index >= 15 is 0 Å². The first kappa shape index (κ1) is 32.0. The van der Waals surface area contributed by atoms with Crippen molar-refractivity contribution in [2.45, 2.75) is 37.2 Å². The summed E-state index contributed by atoms with van der Waals surface area (Å²) in [4.78, 5) is 11.2. The van der Waals surface area contributed by atoms with E-state index in [1.807, 2.05) is 60.7 Å². The lowest BCUT2D eigenvalue weighted by molar-refractivity contribution is -0.192. The monoisotopic (exact) mass is 583 g/mol. The molecule has 0 atom stereocenters. The predicted octanol–water partition coefficient (Wildman–Crippen LogP) is 6.76. The predicted molar refractivity (Wildman–Crippen MR) is 140 cm³/mol. The molecule has 1 aliphatic heterocycles. The number of carbonyl (C=O) groups is 1. The van der Waals surface area contributed by atoms with Gasteiger partial charge in [-0.2, -0.15) is 26.3 Å². The SMILES string of the molecule is O=C(O)C(F)(F)F.OC(c1ccccc1)(c1ccccc1)C1CCN(CCCOc2cccc(C(F)(F)F)c2)CC1. The number of aliphatic hydroxyl groups is 1. The summed E-state index contributed by atoms with van der Waals surface area (Å²) < 4.78 is 75.8. The summed E-state index contributed by atoms with van der Waals surface area (Å²) in [6, 6.07) is 24.7. The highest BCUT2D eigenvalue weighted by Crippen LogP contribution is 2.42. The number of hydrogen-bond acceptors (Lipinski definition) is 4. The van der Waals surface area contributed by atoms with Crippen LogP contribution in [0.1, 0.15) is 36.0 Å². The number of carboxylic acid groups (broad SMARTS) is 1. The smallest absolute Gasteiger partial charge is 0.490 e. The summed E-state index contributed by atoms with van der Waals surface area (Å²) in [5, 5.41) is 19.1. The number of benzene rings is 3. The van der Waals surface area contributed by atoms with Gasteiger partial charge >= 0.3 is 18.3 Å². The van der Waals surface area contributed by atoms with Crippen LogP contribution in [0.25, 0.3) is 0 Å². The van der Waals surface area contributed by atoms with Crippen LogP contribution >= 0.6 is 0 Å². The zero-order valence-electron chi connectivity index (χ0n) is 22.0. The molecule has 11 heteroatoms. The van der Waals surface area contributed by atoms with E-state index in [0.29, 0.717) is 6.61 Å². The highest BCUT2D eigenvalue weighted by atomic mass is 19.4. The Kier molecular flexibility index (Phi) is 10.8. The van der Waals surface area contributed by atoms with Crippen molar-refractivity contribution in [1.29, 1.82) is 0 Å². The molecule has 0 bridgehead atoms. The maximum absolute atomic E-state index is 12.9. The Labute approximate surface area is 234 Å². The highest BCUT2D eigenvalue weighted by molar-refractivity contribution is 5.73. The summed E-state index contributed by atoms with van der Waals surface area (Å²) >= 11 is 0. The molecule has 0 saturated carbocycles. The number of aliphatic carboxylic acids is 1. The molecule has 3 aromatic carbocycles. The van der Waals surface area contributed by atoms with E-state index in [-0.39, 0.29) is 11.7 Å². The van der Waals surface area contributed by atoms with E-state index in [0.717, 1.165) is 62.2 Å². The molecule has 5 nitrogen and oxygen atoms in total. The van der Waals surface area contributed by atoms with Crippen LogP contribution in [-0.4, -0.2) is 53.5 Å². The van der Waals surface area contributed by atoms with Crippen LogP contribution in [0.15, 0.2) is 84.9 Å². The van der Waals surface area contributed by atoms with Gasteiger partial charge in [0.2, 0.25) is 0 Å². The molecule has 2 N–H and O–H groups in total. The van der Waals surface area contributed by atoms with E-state index in [1.54, 1.807) is 6.07 Å². The Balaban J connectivity index is 0.000000587. The first-order valence-electron chi connectivity index (χ1n) is 13.0. The molecule has 0 amide bonds. The number of likely N-dealkylation sites (tertiary alicyclic amines) is 1. The van der Waals surface area contributed by atoms with Gasteiger partial charge in [0.15, 0.2) is 0 Å². The number of alkyl halides is 6. The maximum atomic E-state index is 12.9. The summed E-state index contributed by atoms with van der Waals surface area (Å²) in [7, 11) is 0. The van der Waals surface area contributed by atoms with E-state index in [1.165, 1.54) is 6.07 Å². The zero-order valence-corrected chi connectivity index (χ0v) is 22.0. The molecule has 0 aromatic heterocycles. The number of carboxylic acids is 1. The Morgan fingerprint density at radius 3 is 1.76 bits per heavy atom. The summed E-state index contributed by atoms with van der Waals surface area (Å²) in [5.74, 6) is -2.42. The fraction of sp³-hybridized carbons (Fsp3) is 0.367. The lowest BCUT2D eigenvalue weighted by Crippen LogP contribution is -2.44. The van der Waals surface area contributed by atoms with Crippen molar-refractivity contribution in [3.63, 3.8) is 0 Å². The lowest BCUT2D eigenvalue weighted by atomic mass is 9.72. The van der Waals surface area contributed by atoms with Gasteiger partial charge in [0.1, 0.15) is 11.4 Å². The molecule has 0 spiro atoms. The third-order valence-electron chi connectivity index (χ3n) is 6.90. The highest BCUT2D eigenvalue weighted by Gasteiger charge is 2.41. The van der Waals surface area contributed by atoms with Gasteiger partial charge in [-0.15, -0.1) is 0 Å². The van der Waals surface area contributed by atoms with Crippen molar-refractivity contribution in [3.05, 3.63) is 102 Å². The van der Waals surface area contributed by atoms with Crippen molar-refractivity contribution in [1.82, 2.24) is 4.90 Å². The fourth-order valence-corrected chi connectivity index (χ4v) is 4.84. The minimum absolute atomic E-state index is 0.0925. The van der Waals surface area contributed by atoms with E-state index in [2.05, 4.69) is 4.90 Å². The summed E-state index contributed by atoms with van der Waals surface area (Å²) in [6.07, 6.45) is -7.02. The fourth-order valence-electron chi connectivity index (χ4n) is 4.84. The average molecular weight is 584 g/mol. The summed E-state index contributed by atoms with van der Waals surface area (Å²) in [6.45, 7) is 2.88. The normalized spacial score (nSPS) is 15.1. The molecule has 4 rings (SSSR count). The topological polar surface area (TPSA) is 70.0 Å². The molecule has 3 aromatic rings. The first-order valence-corrected chi connectivity index (χ1v) is 13.0. The van der Waals surface area contributed by atoms with Crippen molar-refractivity contribution in [3.8, 4) is 5.75 Å². The standard InChI is InChI=1S/C28H30F3NO2.C2HF3O2/c29-28(30,31)25-13-7-14-26(21-25)34-20-8-17-32-18-15-24(16-19-32)27(33,22-9-3-1-4-10-22)23-11-5-2-6-12-23;3-2(4,5)1(6)7/h1-7,9-14,21,24,33H,8,15-20H2;(H,6,7). The van der Waals surface area contributed by atoms with Crippen molar-refractivity contribution in [2.75, 3.05) is 26.2 Å². The van der Waals surface area contributed by atoms with Crippen LogP contribution in [0, 0.1) is 5.92 Å². The van der Waals surface area contributed by atoms with Crippen molar-refractivity contribution in [2.24, 2.45) is 5.92 Å². The van der Waals surface area contributed by atoms with Crippen molar-refractivity contribution < 1.29 is 46.1 Å². The summed E-state index contributed by atoms with van der Waals surface area (Å²) in [5.41, 5.74) is 0.0842. The molecule has 1 saturated heterocycles. The van der Waals surface area contributed by atoms with Crippen LogP contribution in [0.4, 0.5) is 26.3 Å². The van der Waals surface area contributed by atoms with Crippen LogP contribution in [-0.2, 0) is 16.6 Å². The first-order chi connectivity index (χ1) is 19.3. The minimum atomic E-state index is -5.08. The van der Waals surface area contributed by atoms with Crippen LogP contribution in [0.2, 0.25) is 0 Å². The van der Waals surface area contributed by atoms with E-state index in [9.17, 15) is 31.4 Å². The molecule has 0 aliphatic carbocycles. The number of halogens is 6. The Hall–Kier alpha value is -3.57. The molecular weight excluding hydrogens is 552 g/mol. The van der Waals surface area contributed by atoms with Gasteiger partial charge in [0, 0.05) is 6.54 Å². The van der Waals surface area contributed by atoms with Gasteiger partial charge in [0.05, 0.1) is 12.2 Å². The third kappa shape index (κ3) is 8.96. The minimum Gasteiger partial charge on any atom is -0.494 e. The molecular formula is C30H31F6NO4. The maximum Gasteiger partial charge on any atom is 0.490 e. The lowest BCUT2D eigenvalue weighted by Gasteiger charge is -2.42. The second-order valence-electron chi connectivity index (χ2n) is 9.64. The van der Waals surface area contributed by atoms with E-state index < -0.39 is 29.5 Å². The molecule has 1 aliphatic rings. The number of hydrogen-bond donors (Lipinski definition) is 2. The Morgan fingerprint density at radius 2 is 1.29 bits per heavy atom. The zero-order chi connectivity index (χ0) is 30.1. The Morgan fingerprint density at radius 1 is 0.805 bits per heavy atom. The molecule has 0 unspecified atom stereocenters. The molecule has 222 valence electrons. The van der Waals surface area contributed by atoms with Gasteiger partial charge < -0.3 is 19.8 Å². The molecule has 1 fully saturated rings. The average Bonchev–Trinajstić information content (AvgIpc) is 2.96. The second kappa shape index (κ2) is 13.9. The second-order valence-corrected chi connectivity index (χ2v) is 9.64. The van der Waals surface area contributed by atoms with Crippen molar-refractivity contribution >= 4 is 5.97 Å².